The van der Waals surface area contributed by atoms with Crippen LogP contribution in [-0.4, -0.2) is 51.0 Å². The summed E-state index contributed by atoms with van der Waals surface area (Å²) < 4.78 is 40.6. The number of sulfone groups is 1. The third kappa shape index (κ3) is 4.84. The lowest BCUT2D eigenvalue weighted by atomic mass is 10.1. The van der Waals surface area contributed by atoms with Crippen LogP contribution in [0.4, 0.5) is 0 Å². The Hall–Kier alpha value is -3.04. The molecule has 2 aromatic carbocycles. The van der Waals surface area contributed by atoms with Gasteiger partial charge in [0.1, 0.15) is 5.58 Å². The monoisotopic (exact) mass is 491 g/mol. The van der Waals surface area contributed by atoms with Crippen LogP contribution in [0.2, 0.25) is 5.02 Å². The van der Waals surface area contributed by atoms with Gasteiger partial charge in [-0.2, -0.15) is 0 Å². The van der Waals surface area contributed by atoms with Gasteiger partial charge in [-0.05, 0) is 42.3 Å². The number of fused-ring (bicyclic) bond motifs is 1. The summed E-state index contributed by atoms with van der Waals surface area (Å²) in [5.41, 5.74) is 0.521. The molecule has 0 N–H and O–H groups in total. The van der Waals surface area contributed by atoms with E-state index < -0.39 is 27.2 Å². The average molecular weight is 492 g/mol. The Morgan fingerprint density at radius 3 is 2.55 bits per heavy atom. The number of carbonyl (C=O) groups excluding carboxylic acids is 1. The second kappa shape index (κ2) is 9.07. The summed E-state index contributed by atoms with van der Waals surface area (Å²) in [4.78, 5) is 27.5. The van der Waals surface area contributed by atoms with Crippen LogP contribution < -0.4 is 14.9 Å². The Balaban J connectivity index is 1.74. The lowest BCUT2D eigenvalue weighted by Crippen LogP contribution is -2.40. The minimum absolute atomic E-state index is 0.00640. The van der Waals surface area contributed by atoms with Gasteiger partial charge in [0.05, 0.1) is 31.1 Å². The van der Waals surface area contributed by atoms with Gasteiger partial charge < -0.3 is 18.8 Å². The number of methoxy groups -OCH3 is 2. The number of amides is 1. The zero-order valence-electron chi connectivity index (χ0n) is 18.0. The number of carbonyl (C=O) groups is 1. The van der Waals surface area contributed by atoms with Crippen molar-refractivity contribution in [2.24, 2.45) is 0 Å². The zero-order valence-corrected chi connectivity index (χ0v) is 19.6. The van der Waals surface area contributed by atoms with Crippen LogP contribution in [0.25, 0.3) is 11.0 Å². The van der Waals surface area contributed by atoms with Gasteiger partial charge >= 0.3 is 0 Å². The summed E-state index contributed by atoms with van der Waals surface area (Å²) in [6.07, 6.45) is 0.300. The fraction of sp³-hybridized carbons (Fsp3) is 0.304. The summed E-state index contributed by atoms with van der Waals surface area (Å²) in [6, 6.07) is 10.3. The molecule has 1 atom stereocenters. The van der Waals surface area contributed by atoms with E-state index in [0.717, 1.165) is 6.07 Å². The number of ether oxygens (including phenoxy) is 2. The number of nitrogens with zero attached hydrogens (tertiary/aromatic N) is 1. The number of benzene rings is 2. The van der Waals surface area contributed by atoms with Gasteiger partial charge in [0.15, 0.2) is 32.5 Å². The maximum absolute atomic E-state index is 13.5. The highest BCUT2D eigenvalue weighted by Gasteiger charge is 2.36. The van der Waals surface area contributed by atoms with Gasteiger partial charge in [0.2, 0.25) is 0 Å². The molecule has 1 saturated heterocycles. The molecule has 1 fully saturated rings. The van der Waals surface area contributed by atoms with Crippen molar-refractivity contribution in [2.75, 3.05) is 25.7 Å². The molecule has 0 radical (unpaired) electrons. The molecule has 1 aromatic heterocycles. The van der Waals surface area contributed by atoms with E-state index in [-0.39, 0.29) is 34.8 Å². The van der Waals surface area contributed by atoms with E-state index in [2.05, 4.69) is 0 Å². The smallest absolute Gasteiger partial charge is 0.290 e. The van der Waals surface area contributed by atoms with Crippen LogP contribution in [0.1, 0.15) is 22.5 Å². The quantitative estimate of drug-likeness (QED) is 0.521. The highest BCUT2D eigenvalue weighted by Crippen LogP contribution is 2.30. The van der Waals surface area contributed by atoms with Crippen LogP contribution in [0.5, 0.6) is 11.5 Å². The molecule has 1 amide bonds. The van der Waals surface area contributed by atoms with Crippen molar-refractivity contribution in [3.05, 3.63) is 69.0 Å². The average Bonchev–Trinajstić information content (AvgIpc) is 3.16. The van der Waals surface area contributed by atoms with Crippen molar-refractivity contribution in [3.63, 3.8) is 0 Å². The molecule has 10 heteroatoms. The maximum atomic E-state index is 13.5. The molecule has 0 spiro atoms. The molecule has 2 heterocycles. The predicted octanol–water partition coefficient (Wildman–Crippen LogP) is 3.29. The van der Waals surface area contributed by atoms with E-state index in [1.807, 2.05) is 0 Å². The van der Waals surface area contributed by atoms with Crippen molar-refractivity contribution in [3.8, 4) is 11.5 Å². The summed E-state index contributed by atoms with van der Waals surface area (Å²) >= 11 is 5.96. The molecular weight excluding hydrogens is 470 g/mol. The van der Waals surface area contributed by atoms with Crippen molar-refractivity contribution in [2.45, 2.75) is 19.0 Å². The lowest BCUT2D eigenvalue weighted by Gasteiger charge is -2.28. The SMILES string of the molecule is COc1ccc(CN(C(=O)c2cc(=O)c3cc(Cl)ccc3o2)[C@H]2CCS(=O)(=O)C2)cc1OC. The summed E-state index contributed by atoms with van der Waals surface area (Å²) in [6.45, 7) is 0.0989. The minimum atomic E-state index is -3.27. The number of hydrogen-bond acceptors (Lipinski definition) is 7. The van der Waals surface area contributed by atoms with E-state index in [1.54, 1.807) is 24.3 Å². The van der Waals surface area contributed by atoms with Gasteiger partial charge in [-0.3, -0.25) is 9.59 Å². The fourth-order valence-electron chi connectivity index (χ4n) is 3.94. The fourth-order valence-corrected chi connectivity index (χ4v) is 5.84. The van der Waals surface area contributed by atoms with Crippen molar-refractivity contribution in [1.29, 1.82) is 0 Å². The van der Waals surface area contributed by atoms with Crippen LogP contribution >= 0.6 is 11.6 Å². The Labute approximate surface area is 195 Å². The van der Waals surface area contributed by atoms with Crippen LogP contribution in [0.15, 0.2) is 51.7 Å². The molecule has 0 unspecified atom stereocenters. The molecule has 174 valence electrons. The van der Waals surface area contributed by atoms with E-state index in [4.69, 9.17) is 25.5 Å². The van der Waals surface area contributed by atoms with Crippen molar-refractivity contribution >= 4 is 38.3 Å². The molecule has 1 aliphatic rings. The normalized spacial score (nSPS) is 17.1. The molecular formula is C23H22ClNO7S. The molecule has 0 saturated carbocycles. The van der Waals surface area contributed by atoms with Gasteiger partial charge in [0, 0.05) is 23.7 Å². The first-order chi connectivity index (χ1) is 15.7. The molecule has 0 bridgehead atoms. The summed E-state index contributed by atoms with van der Waals surface area (Å²) in [5, 5.41) is 0.633. The summed E-state index contributed by atoms with van der Waals surface area (Å²) in [5.74, 6) is 0.116. The summed E-state index contributed by atoms with van der Waals surface area (Å²) in [7, 11) is -0.242. The largest absolute Gasteiger partial charge is 0.493 e. The Kier molecular flexibility index (Phi) is 6.36. The number of halogens is 1. The van der Waals surface area contributed by atoms with Gasteiger partial charge in [-0.15, -0.1) is 0 Å². The Bertz CT molecular complexity index is 1380. The predicted molar refractivity (Wildman–Crippen MR) is 124 cm³/mol. The molecule has 0 aliphatic carbocycles. The second-order valence-corrected chi connectivity index (χ2v) is 10.5. The van der Waals surface area contributed by atoms with E-state index in [9.17, 15) is 18.0 Å². The standard InChI is InChI=1S/C23H22ClNO7S/c1-30-20-5-3-14(9-21(20)31-2)12-25(16-7-8-33(28,29)13-16)23(27)22-11-18(26)17-10-15(24)4-6-19(17)32-22/h3-6,9-11,16H,7-8,12-13H2,1-2H3/t16-/m0/s1. The first-order valence-corrected chi connectivity index (χ1v) is 12.4. The number of rotatable bonds is 6. The van der Waals surface area contributed by atoms with Crippen molar-refractivity contribution < 1.29 is 27.1 Å². The van der Waals surface area contributed by atoms with Crippen molar-refractivity contribution in [1.82, 2.24) is 4.90 Å². The Morgan fingerprint density at radius 1 is 1.12 bits per heavy atom. The van der Waals surface area contributed by atoms with E-state index >= 15 is 0 Å². The lowest BCUT2D eigenvalue weighted by molar-refractivity contribution is 0.0648. The van der Waals surface area contributed by atoms with E-state index in [1.165, 1.54) is 31.3 Å². The zero-order chi connectivity index (χ0) is 23.8. The third-order valence-corrected chi connectivity index (χ3v) is 7.60. The molecule has 1 aliphatic heterocycles. The van der Waals surface area contributed by atoms with Gasteiger partial charge in [0.25, 0.3) is 5.91 Å². The maximum Gasteiger partial charge on any atom is 0.290 e. The molecule has 3 aromatic rings. The molecule has 33 heavy (non-hydrogen) atoms. The molecule has 8 nitrogen and oxygen atoms in total. The number of hydrogen-bond donors (Lipinski definition) is 0. The highest BCUT2D eigenvalue weighted by molar-refractivity contribution is 7.91. The second-order valence-electron chi connectivity index (χ2n) is 7.79. The highest BCUT2D eigenvalue weighted by atomic mass is 35.5. The van der Waals surface area contributed by atoms with Crippen LogP contribution in [-0.2, 0) is 16.4 Å². The minimum Gasteiger partial charge on any atom is -0.493 e. The first-order valence-electron chi connectivity index (χ1n) is 10.2. The van der Waals surface area contributed by atoms with Gasteiger partial charge in [-0.1, -0.05) is 17.7 Å². The Morgan fingerprint density at radius 2 is 1.88 bits per heavy atom. The van der Waals surface area contributed by atoms with E-state index in [0.29, 0.717) is 28.5 Å². The van der Waals surface area contributed by atoms with Crippen LogP contribution in [0.3, 0.4) is 0 Å². The first kappa shape index (κ1) is 23.1. The topological polar surface area (TPSA) is 103 Å². The third-order valence-electron chi connectivity index (χ3n) is 5.61. The van der Waals surface area contributed by atoms with Crippen LogP contribution in [0, 0.1) is 0 Å². The van der Waals surface area contributed by atoms with Gasteiger partial charge in [-0.25, -0.2) is 8.42 Å². The molecule has 4 rings (SSSR count).